The minimum absolute atomic E-state index is 0.116. The van der Waals surface area contributed by atoms with Gasteiger partial charge in [-0.3, -0.25) is 14.6 Å². The normalized spacial score (nSPS) is 12.1. The van der Waals surface area contributed by atoms with E-state index in [4.69, 9.17) is 0 Å². The Balaban J connectivity index is 1.99. The van der Waals surface area contributed by atoms with Crippen molar-refractivity contribution in [3.8, 4) is 0 Å². The van der Waals surface area contributed by atoms with E-state index in [0.717, 1.165) is 5.69 Å². The second-order valence-corrected chi connectivity index (χ2v) is 5.45. The van der Waals surface area contributed by atoms with Crippen molar-refractivity contribution >= 4 is 16.7 Å². The Morgan fingerprint density at radius 1 is 1.13 bits per heavy atom. The maximum Gasteiger partial charge on any atom is 0.258 e. The Bertz CT molecular complexity index is 916. The smallest absolute Gasteiger partial charge is 0.258 e. The van der Waals surface area contributed by atoms with Gasteiger partial charge in [0.15, 0.2) is 0 Å². The summed E-state index contributed by atoms with van der Waals surface area (Å²) >= 11 is 0. The summed E-state index contributed by atoms with van der Waals surface area (Å²) in [5.74, 6) is -0.227. The van der Waals surface area contributed by atoms with Crippen LogP contribution >= 0.6 is 0 Å². The monoisotopic (exact) mass is 307 g/mol. The molecule has 0 bridgehead atoms. The van der Waals surface area contributed by atoms with Gasteiger partial charge in [-0.1, -0.05) is 24.3 Å². The molecule has 3 aromatic rings. The molecule has 116 valence electrons. The van der Waals surface area contributed by atoms with Gasteiger partial charge in [-0.15, -0.1) is 0 Å². The van der Waals surface area contributed by atoms with E-state index in [0.29, 0.717) is 16.3 Å². The van der Waals surface area contributed by atoms with Crippen LogP contribution in [0.25, 0.3) is 10.8 Å². The minimum atomic E-state index is -0.227. The van der Waals surface area contributed by atoms with Crippen molar-refractivity contribution in [3.05, 3.63) is 76.5 Å². The maximum absolute atomic E-state index is 12.7. The van der Waals surface area contributed by atoms with Crippen LogP contribution in [-0.4, -0.2) is 15.5 Å². The van der Waals surface area contributed by atoms with Gasteiger partial charge in [0, 0.05) is 30.2 Å². The molecule has 0 saturated heterocycles. The van der Waals surface area contributed by atoms with Gasteiger partial charge < -0.3 is 9.88 Å². The molecule has 0 spiro atoms. The second-order valence-electron chi connectivity index (χ2n) is 5.45. The third-order valence-corrected chi connectivity index (χ3v) is 3.81. The molecule has 0 aliphatic rings. The van der Waals surface area contributed by atoms with E-state index < -0.39 is 0 Å². The molecule has 2 aromatic heterocycles. The van der Waals surface area contributed by atoms with E-state index in [1.54, 1.807) is 37.6 Å². The lowest BCUT2D eigenvalue weighted by Gasteiger charge is -2.15. The van der Waals surface area contributed by atoms with Crippen molar-refractivity contribution in [2.24, 2.45) is 7.05 Å². The summed E-state index contributed by atoms with van der Waals surface area (Å²) in [5.41, 5.74) is 1.15. The topological polar surface area (TPSA) is 64.0 Å². The fourth-order valence-electron chi connectivity index (χ4n) is 2.58. The Morgan fingerprint density at radius 3 is 2.52 bits per heavy atom. The summed E-state index contributed by atoms with van der Waals surface area (Å²) in [6, 6.07) is 12.5. The average molecular weight is 307 g/mol. The lowest BCUT2D eigenvalue weighted by atomic mass is 10.1. The number of nitrogens with one attached hydrogen (secondary N) is 1. The molecular weight excluding hydrogens is 290 g/mol. The van der Waals surface area contributed by atoms with Crippen molar-refractivity contribution in [1.29, 1.82) is 0 Å². The van der Waals surface area contributed by atoms with Crippen LogP contribution in [0.4, 0.5) is 0 Å². The number of carbonyl (C=O) groups excluding carboxylic acids is 1. The van der Waals surface area contributed by atoms with E-state index in [2.05, 4.69) is 10.3 Å². The van der Waals surface area contributed by atoms with E-state index in [-0.39, 0.29) is 17.5 Å². The van der Waals surface area contributed by atoms with Gasteiger partial charge in [-0.05, 0) is 25.1 Å². The highest BCUT2D eigenvalue weighted by molar-refractivity contribution is 6.06. The number of carbonyl (C=O) groups is 1. The second kappa shape index (κ2) is 6.04. The van der Waals surface area contributed by atoms with Gasteiger partial charge in [0.2, 0.25) is 0 Å². The molecule has 0 fully saturated rings. The Morgan fingerprint density at radius 2 is 1.83 bits per heavy atom. The molecule has 23 heavy (non-hydrogen) atoms. The highest BCUT2D eigenvalue weighted by Crippen LogP contribution is 2.16. The SMILES string of the molecule is C[C@@H](NC(=O)c1cn(C)c(=O)c2ccccc12)c1ccccn1. The molecule has 0 radical (unpaired) electrons. The number of aromatic nitrogens is 2. The standard InChI is InChI=1S/C18H17N3O2/c1-12(16-9-5-6-10-19-16)20-17(22)15-11-21(2)18(23)14-8-4-3-7-13(14)15/h3-12H,1-2H3,(H,20,22)/t12-/m1/s1. The zero-order valence-electron chi connectivity index (χ0n) is 13.0. The zero-order valence-corrected chi connectivity index (χ0v) is 13.0. The van der Waals surface area contributed by atoms with Crippen LogP contribution in [0.1, 0.15) is 29.0 Å². The molecule has 1 aromatic carbocycles. The third kappa shape index (κ3) is 2.85. The van der Waals surface area contributed by atoms with Crippen molar-refractivity contribution in [2.45, 2.75) is 13.0 Å². The number of benzene rings is 1. The van der Waals surface area contributed by atoms with Crippen LogP contribution in [0.3, 0.4) is 0 Å². The number of hydrogen-bond donors (Lipinski definition) is 1. The van der Waals surface area contributed by atoms with Gasteiger partial charge in [0.25, 0.3) is 11.5 Å². The Labute approximate surface area is 133 Å². The van der Waals surface area contributed by atoms with Gasteiger partial charge >= 0.3 is 0 Å². The van der Waals surface area contributed by atoms with E-state index in [1.165, 1.54) is 4.57 Å². The van der Waals surface area contributed by atoms with Gasteiger partial charge in [-0.25, -0.2) is 0 Å². The summed E-state index contributed by atoms with van der Waals surface area (Å²) in [4.78, 5) is 29.1. The van der Waals surface area contributed by atoms with Crippen LogP contribution in [0.2, 0.25) is 0 Å². The first-order chi connectivity index (χ1) is 11.1. The number of aryl methyl sites for hydroxylation is 1. The lowest BCUT2D eigenvalue weighted by molar-refractivity contribution is 0.0940. The van der Waals surface area contributed by atoms with Crippen molar-refractivity contribution < 1.29 is 4.79 Å². The summed E-state index contributed by atoms with van der Waals surface area (Å²) in [6.45, 7) is 1.88. The molecular formula is C18H17N3O2. The first kappa shape index (κ1) is 15.0. The molecule has 5 nitrogen and oxygen atoms in total. The van der Waals surface area contributed by atoms with Crippen molar-refractivity contribution in [1.82, 2.24) is 14.9 Å². The quantitative estimate of drug-likeness (QED) is 0.808. The maximum atomic E-state index is 12.7. The number of fused-ring (bicyclic) bond motifs is 1. The Kier molecular flexibility index (Phi) is 3.93. The summed E-state index contributed by atoms with van der Waals surface area (Å²) in [6.07, 6.45) is 3.27. The largest absolute Gasteiger partial charge is 0.344 e. The van der Waals surface area contributed by atoms with Gasteiger partial charge in [0.1, 0.15) is 0 Å². The summed E-state index contributed by atoms with van der Waals surface area (Å²) < 4.78 is 1.43. The molecule has 1 N–H and O–H groups in total. The highest BCUT2D eigenvalue weighted by atomic mass is 16.2. The van der Waals surface area contributed by atoms with Gasteiger partial charge in [-0.2, -0.15) is 0 Å². The molecule has 2 heterocycles. The first-order valence-corrected chi connectivity index (χ1v) is 7.38. The number of nitrogens with zero attached hydrogens (tertiary/aromatic N) is 2. The molecule has 0 aliphatic heterocycles. The van der Waals surface area contributed by atoms with Crippen LogP contribution in [0.5, 0.6) is 0 Å². The van der Waals surface area contributed by atoms with E-state index >= 15 is 0 Å². The van der Waals surface area contributed by atoms with Crippen LogP contribution in [0.15, 0.2) is 59.7 Å². The molecule has 1 amide bonds. The average Bonchev–Trinajstić information content (AvgIpc) is 2.58. The third-order valence-electron chi connectivity index (χ3n) is 3.81. The number of amides is 1. The van der Waals surface area contributed by atoms with Crippen LogP contribution < -0.4 is 10.9 Å². The number of pyridine rings is 2. The molecule has 1 atom stereocenters. The van der Waals surface area contributed by atoms with E-state index in [9.17, 15) is 9.59 Å². The van der Waals surface area contributed by atoms with Crippen molar-refractivity contribution in [2.75, 3.05) is 0 Å². The predicted molar refractivity (Wildman–Crippen MR) is 89.3 cm³/mol. The summed E-state index contributed by atoms with van der Waals surface area (Å²) in [5, 5.41) is 4.12. The number of rotatable bonds is 3. The van der Waals surface area contributed by atoms with Crippen molar-refractivity contribution in [3.63, 3.8) is 0 Å². The zero-order chi connectivity index (χ0) is 16.4. The molecule has 0 unspecified atom stereocenters. The van der Waals surface area contributed by atoms with Gasteiger partial charge in [0.05, 0.1) is 17.3 Å². The molecule has 5 heteroatoms. The lowest BCUT2D eigenvalue weighted by Crippen LogP contribution is -2.29. The van der Waals surface area contributed by atoms with E-state index in [1.807, 2.05) is 31.2 Å². The number of hydrogen-bond acceptors (Lipinski definition) is 3. The molecule has 0 aliphatic carbocycles. The van der Waals surface area contributed by atoms with Crippen LogP contribution in [0, 0.1) is 0 Å². The molecule has 0 saturated carbocycles. The predicted octanol–water partition coefficient (Wildman–Crippen LogP) is 2.42. The molecule has 3 rings (SSSR count). The Hall–Kier alpha value is -2.95. The summed E-state index contributed by atoms with van der Waals surface area (Å²) in [7, 11) is 1.65. The fourth-order valence-corrected chi connectivity index (χ4v) is 2.58. The first-order valence-electron chi connectivity index (χ1n) is 7.38. The minimum Gasteiger partial charge on any atom is -0.344 e. The van der Waals surface area contributed by atoms with Crippen LogP contribution in [-0.2, 0) is 7.05 Å². The highest BCUT2D eigenvalue weighted by Gasteiger charge is 2.16. The fraction of sp³-hybridized carbons (Fsp3) is 0.167.